The molecule has 0 saturated carbocycles. The van der Waals surface area contributed by atoms with Gasteiger partial charge in [0.25, 0.3) is 0 Å². The molecule has 0 N–H and O–H groups in total. The van der Waals surface area contributed by atoms with Crippen LogP contribution in [0.5, 0.6) is 0 Å². The first-order chi connectivity index (χ1) is 7.66. The average Bonchev–Trinajstić information content (AvgIpc) is 2.30. The molecule has 2 heteroatoms. The molecule has 0 aliphatic carbocycles. The van der Waals surface area contributed by atoms with Crippen molar-refractivity contribution < 1.29 is 2.69 Å². The normalized spacial score (nSPS) is 10.1. The second-order valence-corrected chi connectivity index (χ2v) is 11.1. The summed E-state index contributed by atoms with van der Waals surface area (Å²) in [7, 11) is 0. The summed E-state index contributed by atoms with van der Waals surface area (Å²) in [6.45, 7) is 4.09. The monoisotopic (exact) mass is 406 g/mol. The fraction of sp³-hybridized carbons (Fsp3) is 0.143. The maximum absolute atomic E-state index is 12.4. The molecule has 2 rings (SSSR count). The number of aryl methyl sites for hydroxylation is 2. The molecule has 80 valence electrons. The zero-order valence-electron chi connectivity index (χ0n) is 9.53. The van der Waals surface area contributed by atoms with Gasteiger partial charge < -0.3 is 0 Å². The van der Waals surface area contributed by atoms with Crippen molar-refractivity contribution in [3.63, 3.8) is 0 Å². The van der Waals surface area contributed by atoms with Crippen molar-refractivity contribution in [3.05, 3.63) is 59.7 Å². The van der Waals surface area contributed by atoms with Gasteiger partial charge in [0.2, 0.25) is 0 Å². The van der Waals surface area contributed by atoms with Crippen molar-refractivity contribution in [2.45, 2.75) is 13.8 Å². The minimum atomic E-state index is -2.97. The number of rotatable bonds is 2. The summed E-state index contributed by atoms with van der Waals surface area (Å²) in [6.07, 6.45) is 0. The van der Waals surface area contributed by atoms with Crippen LogP contribution in [0.3, 0.4) is 0 Å². The molecule has 0 amide bonds. The van der Waals surface area contributed by atoms with E-state index >= 15 is 0 Å². The molecule has 0 aliphatic heterocycles. The Labute approximate surface area is 105 Å². The summed E-state index contributed by atoms with van der Waals surface area (Å²) in [6, 6.07) is 16.2. The number of benzene rings is 2. The standard InChI is InChI=1S/2C7H7.O.Pb/c2*1-7-5-3-2-4-6-7;;/h2*3-6H,1H3;;. The van der Waals surface area contributed by atoms with Gasteiger partial charge in [-0.05, 0) is 0 Å². The Morgan fingerprint density at radius 1 is 0.688 bits per heavy atom. The third kappa shape index (κ3) is 2.64. The molecular formula is C14H14OPb. The molecule has 2 aromatic carbocycles. The van der Waals surface area contributed by atoms with Gasteiger partial charge in [0, 0.05) is 0 Å². The summed E-state index contributed by atoms with van der Waals surface area (Å²) >= 11 is -2.97. The van der Waals surface area contributed by atoms with Crippen LogP contribution in [-0.2, 0) is 2.69 Å². The van der Waals surface area contributed by atoms with E-state index in [-0.39, 0.29) is 0 Å². The Morgan fingerprint density at radius 2 is 1.00 bits per heavy atom. The molecule has 16 heavy (non-hydrogen) atoms. The summed E-state index contributed by atoms with van der Waals surface area (Å²) in [5.41, 5.74) is 2.43. The quantitative estimate of drug-likeness (QED) is 0.697. The van der Waals surface area contributed by atoms with Gasteiger partial charge in [0.05, 0.1) is 0 Å². The third-order valence-electron chi connectivity index (χ3n) is 2.63. The van der Waals surface area contributed by atoms with Gasteiger partial charge in [-0.15, -0.1) is 0 Å². The van der Waals surface area contributed by atoms with Gasteiger partial charge in [-0.3, -0.25) is 0 Å². The van der Waals surface area contributed by atoms with Crippen LogP contribution in [0, 0.1) is 13.8 Å². The first kappa shape index (κ1) is 11.6. The van der Waals surface area contributed by atoms with Gasteiger partial charge in [-0.1, -0.05) is 0 Å². The molecule has 0 spiro atoms. The zero-order valence-corrected chi connectivity index (χ0v) is 13.4. The van der Waals surface area contributed by atoms with Crippen LogP contribution in [-0.4, -0.2) is 22.7 Å². The van der Waals surface area contributed by atoms with Crippen LogP contribution in [0.25, 0.3) is 0 Å². The van der Waals surface area contributed by atoms with Crippen molar-refractivity contribution in [1.82, 2.24) is 0 Å². The molecule has 0 aromatic heterocycles. The molecule has 1 nitrogen and oxygen atoms in total. The fourth-order valence-corrected chi connectivity index (χ4v) is 6.52. The predicted molar refractivity (Wildman–Crippen MR) is 68.1 cm³/mol. The first-order valence-electron chi connectivity index (χ1n) is 5.35. The van der Waals surface area contributed by atoms with E-state index in [0.717, 1.165) is 6.25 Å². The van der Waals surface area contributed by atoms with Crippen LogP contribution in [0.1, 0.15) is 11.1 Å². The van der Waals surface area contributed by atoms with Crippen LogP contribution in [0.4, 0.5) is 0 Å². The van der Waals surface area contributed by atoms with Crippen molar-refractivity contribution in [3.8, 4) is 0 Å². The van der Waals surface area contributed by atoms with Gasteiger partial charge in [0.15, 0.2) is 0 Å². The summed E-state index contributed by atoms with van der Waals surface area (Å²) in [5, 5.41) is 0. The van der Waals surface area contributed by atoms with Crippen molar-refractivity contribution >= 4 is 29.0 Å². The molecule has 0 bridgehead atoms. The average molecular weight is 405 g/mol. The molecule has 0 atom stereocenters. The Kier molecular flexibility index (Phi) is 3.63. The molecule has 0 fully saturated rings. The van der Waals surface area contributed by atoms with E-state index in [1.165, 1.54) is 11.1 Å². The fourth-order valence-electron chi connectivity index (χ4n) is 1.58. The Bertz CT molecular complexity index is 450. The minimum absolute atomic E-state index is 1.04. The second-order valence-electron chi connectivity index (χ2n) is 4.06. The van der Waals surface area contributed by atoms with Crippen LogP contribution < -0.4 is 6.25 Å². The predicted octanol–water partition coefficient (Wildman–Crippen LogP) is 1.84. The SMILES string of the molecule is Cc1cc[c]([Pb](=[O])[c]2ccc(C)cc2)cc1. The van der Waals surface area contributed by atoms with Crippen molar-refractivity contribution in [1.29, 1.82) is 0 Å². The van der Waals surface area contributed by atoms with Gasteiger partial charge in [0.1, 0.15) is 0 Å². The maximum atomic E-state index is 12.4. The molecule has 0 heterocycles. The Balaban J connectivity index is 2.32. The number of hydrogen-bond acceptors (Lipinski definition) is 1. The van der Waals surface area contributed by atoms with Gasteiger partial charge >= 0.3 is 105 Å². The van der Waals surface area contributed by atoms with Crippen molar-refractivity contribution in [2.75, 3.05) is 0 Å². The van der Waals surface area contributed by atoms with E-state index in [0.29, 0.717) is 0 Å². The molecule has 2 aromatic rings. The van der Waals surface area contributed by atoms with Gasteiger partial charge in [-0.2, -0.15) is 0 Å². The summed E-state index contributed by atoms with van der Waals surface area (Å²) in [4.78, 5) is 0. The third-order valence-corrected chi connectivity index (χ3v) is 9.30. The second kappa shape index (κ2) is 5.00. The zero-order chi connectivity index (χ0) is 11.5. The van der Waals surface area contributed by atoms with Crippen LogP contribution in [0.2, 0.25) is 0 Å². The van der Waals surface area contributed by atoms with Gasteiger partial charge in [-0.25, -0.2) is 0 Å². The van der Waals surface area contributed by atoms with E-state index in [9.17, 15) is 2.69 Å². The molecular weight excluding hydrogens is 391 g/mol. The first-order valence-corrected chi connectivity index (χ1v) is 10.8. The van der Waals surface area contributed by atoms with E-state index < -0.39 is 22.7 Å². The summed E-state index contributed by atoms with van der Waals surface area (Å²) in [5.74, 6) is 0. The van der Waals surface area contributed by atoms with E-state index in [2.05, 4.69) is 0 Å². The Morgan fingerprint density at radius 3 is 1.31 bits per heavy atom. The Hall–Kier alpha value is -0.838. The molecule has 0 radical (unpaired) electrons. The topological polar surface area (TPSA) is 17.1 Å². The molecule has 0 aliphatic rings. The van der Waals surface area contributed by atoms with Crippen LogP contribution >= 0.6 is 0 Å². The van der Waals surface area contributed by atoms with E-state index in [4.69, 9.17) is 0 Å². The van der Waals surface area contributed by atoms with Crippen LogP contribution in [0.15, 0.2) is 48.5 Å². The molecule has 0 unspecified atom stereocenters. The number of hydrogen-bond donors (Lipinski definition) is 0. The summed E-state index contributed by atoms with van der Waals surface area (Å²) < 4.78 is 14.4. The van der Waals surface area contributed by atoms with Crippen molar-refractivity contribution in [2.24, 2.45) is 0 Å². The van der Waals surface area contributed by atoms with E-state index in [1.54, 1.807) is 0 Å². The molecule has 0 saturated heterocycles. The van der Waals surface area contributed by atoms with E-state index in [1.807, 2.05) is 62.4 Å².